The third-order valence-electron chi connectivity index (χ3n) is 4.34. The molecule has 0 bridgehead atoms. The molecule has 6 heteroatoms. The lowest BCUT2D eigenvalue weighted by Crippen LogP contribution is -2.48. The number of likely N-dealkylation sites (N-methyl/N-ethyl adjacent to an activating group) is 1. The minimum Gasteiger partial charge on any atom is -0.353 e. The van der Waals surface area contributed by atoms with E-state index in [-0.39, 0.29) is 36.8 Å². The van der Waals surface area contributed by atoms with Crippen molar-refractivity contribution in [1.82, 2.24) is 15.5 Å². The summed E-state index contributed by atoms with van der Waals surface area (Å²) in [4.78, 5) is 14.3. The van der Waals surface area contributed by atoms with Crippen LogP contribution in [0.2, 0.25) is 0 Å². The van der Waals surface area contributed by atoms with E-state index in [1.165, 1.54) is 38.5 Å². The number of nitrogens with one attached hydrogen (secondary N) is 2. The van der Waals surface area contributed by atoms with Crippen molar-refractivity contribution in [3.63, 3.8) is 0 Å². The van der Waals surface area contributed by atoms with Crippen LogP contribution in [0.1, 0.15) is 44.9 Å². The first kappa shape index (κ1) is 20.0. The molecule has 0 aromatic rings. The maximum atomic E-state index is 11.9. The standard InChI is InChI=1S/C14H27N3O.2ClH/c1-17(12-6-2-3-7-12)11-10-16-14(18)13-8-4-5-9-15-13;;/h12-13,15H,2-11H2,1H3,(H,16,18);2*1H. The van der Waals surface area contributed by atoms with Crippen LogP contribution in [0, 0.1) is 0 Å². The summed E-state index contributed by atoms with van der Waals surface area (Å²) in [5, 5.41) is 6.35. The summed E-state index contributed by atoms with van der Waals surface area (Å²) >= 11 is 0. The van der Waals surface area contributed by atoms with Crippen LogP contribution >= 0.6 is 24.8 Å². The molecule has 120 valence electrons. The van der Waals surface area contributed by atoms with Gasteiger partial charge in [-0.2, -0.15) is 0 Å². The average Bonchev–Trinajstić information content (AvgIpc) is 2.93. The lowest BCUT2D eigenvalue weighted by atomic mass is 10.0. The number of piperidine rings is 1. The van der Waals surface area contributed by atoms with E-state index in [4.69, 9.17) is 0 Å². The van der Waals surface area contributed by atoms with Gasteiger partial charge in [0.05, 0.1) is 6.04 Å². The Morgan fingerprint density at radius 2 is 1.80 bits per heavy atom. The fourth-order valence-electron chi connectivity index (χ4n) is 3.08. The molecule has 2 rings (SSSR count). The van der Waals surface area contributed by atoms with Crippen molar-refractivity contribution >= 4 is 30.7 Å². The molecule has 0 aromatic heterocycles. The topological polar surface area (TPSA) is 44.4 Å². The molecule has 20 heavy (non-hydrogen) atoms. The summed E-state index contributed by atoms with van der Waals surface area (Å²) < 4.78 is 0. The lowest BCUT2D eigenvalue weighted by Gasteiger charge is -2.26. The number of carbonyl (C=O) groups excluding carboxylic acids is 1. The number of nitrogens with zero attached hydrogens (tertiary/aromatic N) is 1. The smallest absolute Gasteiger partial charge is 0.237 e. The summed E-state index contributed by atoms with van der Waals surface area (Å²) in [6.45, 7) is 2.74. The van der Waals surface area contributed by atoms with E-state index in [2.05, 4.69) is 22.6 Å². The number of amides is 1. The minimum atomic E-state index is 0. The Hall–Kier alpha value is -0.0300. The van der Waals surface area contributed by atoms with E-state index >= 15 is 0 Å². The number of hydrogen-bond donors (Lipinski definition) is 2. The first-order valence-corrected chi connectivity index (χ1v) is 7.48. The summed E-state index contributed by atoms with van der Waals surface area (Å²) in [7, 11) is 2.18. The van der Waals surface area contributed by atoms with Crippen molar-refractivity contribution in [2.24, 2.45) is 0 Å². The molecule has 0 radical (unpaired) electrons. The highest BCUT2D eigenvalue weighted by molar-refractivity contribution is 5.85. The highest BCUT2D eigenvalue weighted by Gasteiger charge is 2.21. The second kappa shape index (κ2) is 10.7. The lowest BCUT2D eigenvalue weighted by molar-refractivity contribution is -0.123. The number of carbonyl (C=O) groups is 1. The number of rotatable bonds is 5. The van der Waals surface area contributed by atoms with E-state index in [0.29, 0.717) is 0 Å². The van der Waals surface area contributed by atoms with Gasteiger partial charge < -0.3 is 15.5 Å². The van der Waals surface area contributed by atoms with Gasteiger partial charge in [-0.3, -0.25) is 4.79 Å². The minimum absolute atomic E-state index is 0. The van der Waals surface area contributed by atoms with Gasteiger partial charge in [-0.05, 0) is 39.3 Å². The summed E-state index contributed by atoms with van der Waals surface area (Å²) in [5.41, 5.74) is 0. The van der Waals surface area contributed by atoms with Gasteiger partial charge >= 0.3 is 0 Å². The molecular formula is C14H29Cl2N3O. The molecule has 0 spiro atoms. The van der Waals surface area contributed by atoms with Crippen molar-refractivity contribution in [1.29, 1.82) is 0 Å². The van der Waals surface area contributed by atoms with Gasteiger partial charge in [0.2, 0.25) is 5.91 Å². The van der Waals surface area contributed by atoms with Crippen molar-refractivity contribution in [3.05, 3.63) is 0 Å². The molecule has 1 unspecified atom stereocenters. The first-order chi connectivity index (χ1) is 8.77. The molecule has 1 amide bonds. The van der Waals surface area contributed by atoms with Crippen LogP contribution in [-0.4, -0.2) is 49.6 Å². The molecule has 1 saturated carbocycles. The van der Waals surface area contributed by atoms with Gasteiger partial charge in [0, 0.05) is 19.1 Å². The molecule has 2 N–H and O–H groups in total. The molecular weight excluding hydrogens is 297 g/mol. The summed E-state index contributed by atoms with van der Waals surface area (Å²) in [6, 6.07) is 0.797. The van der Waals surface area contributed by atoms with Crippen LogP contribution in [0.4, 0.5) is 0 Å². The van der Waals surface area contributed by atoms with E-state index in [9.17, 15) is 4.79 Å². The maximum Gasteiger partial charge on any atom is 0.237 e. The molecule has 1 atom stereocenters. The second-order valence-corrected chi connectivity index (χ2v) is 5.71. The quantitative estimate of drug-likeness (QED) is 0.812. The zero-order valence-corrected chi connectivity index (χ0v) is 14.0. The Balaban J connectivity index is 0.00000180. The zero-order valence-electron chi connectivity index (χ0n) is 12.4. The van der Waals surface area contributed by atoms with Crippen LogP contribution in [0.25, 0.3) is 0 Å². The fourth-order valence-corrected chi connectivity index (χ4v) is 3.08. The van der Waals surface area contributed by atoms with E-state index in [0.717, 1.165) is 32.1 Å². The number of hydrogen-bond acceptors (Lipinski definition) is 3. The zero-order chi connectivity index (χ0) is 12.8. The van der Waals surface area contributed by atoms with Gasteiger partial charge in [-0.1, -0.05) is 19.3 Å². The van der Waals surface area contributed by atoms with Crippen molar-refractivity contribution in [2.75, 3.05) is 26.7 Å². The van der Waals surface area contributed by atoms with Crippen LogP contribution in [-0.2, 0) is 4.79 Å². The van der Waals surface area contributed by atoms with Crippen molar-refractivity contribution < 1.29 is 4.79 Å². The highest BCUT2D eigenvalue weighted by Crippen LogP contribution is 2.21. The van der Waals surface area contributed by atoms with Crippen LogP contribution in [0.3, 0.4) is 0 Å². The van der Waals surface area contributed by atoms with E-state index in [1.807, 2.05) is 0 Å². The molecule has 2 aliphatic rings. The Kier molecular flexibility index (Phi) is 10.6. The van der Waals surface area contributed by atoms with Crippen LogP contribution in [0.5, 0.6) is 0 Å². The van der Waals surface area contributed by atoms with Gasteiger partial charge in [0.1, 0.15) is 0 Å². The largest absolute Gasteiger partial charge is 0.353 e. The molecule has 0 aromatic carbocycles. The summed E-state index contributed by atoms with van der Waals surface area (Å²) in [6.07, 6.45) is 8.76. The molecule has 1 aliphatic carbocycles. The van der Waals surface area contributed by atoms with Gasteiger partial charge in [-0.15, -0.1) is 24.8 Å². The van der Waals surface area contributed by atoms with Crippen molar-refractivity contribution in [3.8, 4) is 0 Å². The Bertz CT molecular complexity index is 267. The Morgan fingerprint density at radius 1 is 1.15 bits per heavy atom. The van der Waals surface area contributed by atoms with Gasteiger partial charge in [0.25, 0.3) is 0 Å². The molecule has 4 nitrogen and oxygen atoms in total. The normalized spacial score (nSPS) is 23.0. The average molecular weight is 326 g/mol. The predicted octanol–water partition coefficient (Wildman–Crippen LogP) is 1.96. The maximum absolute atomic E-state index is 11.9. The van der Waals surface area contributed by atoms with E-state index in [1.54, 1.807) is 0 Å². The van der Waals surface area contributed by atoms with Crippen LogP contribution < -0.4 is 10.6 Å². The van der Waals surface area contributed by atoms with E-state index < -0.39 is 0 Å². The molecule has 1 aliphatic heterocycles. The second-order valence-electron chi connectivity index (χ2n) is 5.71. The molecule has 1 saturated heterocycles. The monoisotopic (exact) mass is 325 g/mol. The summed E-state index contributed by atoms with van der Waals surface area (Å²) in [5.74, 6) is 0.189. The van der Waals surface area contributed by atoms with Gasteiger partial charge in [0.15, 0.2) is 0 Å². The van der Waals surface area contributed by atoms with Gasteiger partial charge in [-0.25, -0.2) is 0 Å². The Labute approximate surface area is 135 Å². The number of halogens is 2. The van der Waals surface area contributed by atoms with Crippen molar-refractivity contribution in [2.45, 2.75) is 57.0 Å². The predicted molar refractivity (Wildman–Crippen MR) is 88.0 cm³/mol. The highest BCUT2D eigenvalue weighted by atomic mass is 35.5. The fraction of sp³-hybridized carbons (Fsp3) is 0.929. The Morgan fingerprint density at radius 3 is 2.40 bits per heavy atom. The SMILES string of the molecule is CN(CCNC(=O)C1CCCCN1)C1CCCC1.Cl.Cl. The molecule has 2 fully saturated rings. The molecule has 1 heterocycles. The first-order valence-electron chi connectivity index (χ1n) is 7.48. The third-order valence-corrected chi connectivity index (χ3v) is 4.34. The third kappa shape index (κ3) is 6.17. The van der Waals surface area contributed by atoms with Crippen LogP contribution in [0.15, 0.2) is 0 Å².